The van der Waals surface area contributed by atoms with Crippen molar-refractivity contribution in [3.05, 3.63) is 0 Å². The van der Waals surface area contributed by atoms with Crippen molar-refractivity contribution >= 4 is 35.4 Å². The van der Waals surface area contributed by atoms with E-state index in [9.17, 15) is 28.8 Å². The maximum Gasteiger partial charge on any atom is 0.308 e. The first kappa shape index (κ1) is 36.5. The molecule has 0 spiro atoms. The maximum atomic E-state index is 14.1. The molecule has 45 heavy (non-hydrogen) atoms. The summed E-state index contributed by atoms with van der Waals surface area (Å²) in [5, 5.41) is 8.31. The molecule has 3 unspecified atom stereocenters. The van der Waals surface area contributed by atoms with Crippen molar-refractivity contribution in [2.75, 3.05) is 13.1 Å². The van der Waals surface area contributed by atoms with Crippen molar-refractivity contribution in [2.45, 2.75) is 132 Å². The molecule has 11 nitrogen and oxygen atoms in total. The average Bonchev–Trinajstić information content (AvgIpc) is 3.18. The highest BCUT2D eigenvalue weighted by Crippen LogP contribution is 2.65. The predicted octanol–water partition coefficient (Wildman–Crippen LogP) is 3.14. The fraction of sp³-hybridized carbons (Fsp3) is 0.824. The highest BCUT2D eigenvalue weighted by molar-refractivity contribution is 6.38. The topological polar surface area (TPSA) is 151 Å². The quantitative estimate of drug-likeness (QED) is 0.234. The SMILES string of the molecule is CC(C)(C)OC(=O)CCNC(=O)C(=O)C(CC1CCC1)NC(=O)[C@@H]1C2C(CN1C(=O)[C@@H](NC(=O)C(C)(C)C)C(C)(C)C)C2(C)C. The summed E-state index contributed by atoms with van der Waals surface area (Å²) in [7, 11) is 0. The van der Waals surface area contributed by atoms with Gasteiger partial charge in [0.05, 0.1) is 12.5 Å². The van der Waals surface area contributed by atoms with Gasteiger partial charge < -0.3 is 25.6 Å². The molecule has 4 amide bonds. The van der Waals surface area contributed by atoms with Crippen molar-refractivity contribution in [2.24, 2.45) is 34.0 Å². The van der Waals surface area contributed by atoms with E-state index >= 15 is 0 Å². The van der Waals surface area contributed by atoms with Gasteiger partial charge in [-0.3, -0.25) is 28.8 Å². The van der Waals surface area contributed by atoms with Crippen molar-refractivity contribution in [3.63, 3.8) is 0 Å². The van der Waals surface area contributed by atoms with Gasteiger partial charge in [0.1, 0.15) is 17.7 Å². The second kappa shape index (κ2) is 13.0. The van der Waals surface area contributed by atoms with Gasteiger partial charge in [-0.2, -0.15) is 0 Å². The summed E-state index contributed by atoms with van der Waals surface area (Å²) >= 11 is 0. The van der Waals surface area contributed by atoms with E-state index in [0.29, 0.717) is 13.0 Å². The maximum absolute atomic E-state index is 14.1. The van der Waals surface area contributed by atoms with Crippen LogP contribution < -0.4 is 16.0 Å². The van der Waals surface area contributed by atoms with Crippen molar-refractivity contribution in [3.8, 4) is 0 Å². The average molecular weight is 633 g/mol. The number of likely N-dealkylation sites (tertiary alicyclic amines) is 1. The molecule has 254 valence electrons. The molecule has 1 saturated heterocycles. The lowest BCUT2D eigenvalue weighted by molar-refractivity contribution is -0.154. The number of esters is 1. The summed E-state index contributed by atoms with van der Waals surface area (Å²) in [6.07, 6.45) is 3.08. The Bertz CT molecular complexity index is 1190. The zero-order valence-electron chi connectivity index (χ0n) is 29.2. The van der Waals surface area contributed by atoms with Gasteiger partial charge in [-0.1, -0.05) is 74.7 Å². The number of Topliss-reactive ketones (excluding diaryl/α,β-unsaturated/α-hetero) is 1. The van der Waals surface area contributed by atoms with Gasteiger partial charge >= 0.3 is 5.97 Å². The first-order valence-corrected chi connectivity index (χ1v) is 16.4. The molecule has 3 aliphatic rings. The first-order chi connectivity index (χ1) is 20.4. The van der Waals surface area contributed by atoms with Gasteiger partial charge in [0.25, 0.3) is 5.91 Å². The molecule has 2 aliphatic carbocycles. The number of rotatable bonds is 11. The van der Waals surface area contributed by atoms with Crippen LogP contribution in [-0.4, -0.2) is 77.1 Å². The minimum Gasteiger partial charge on any atom is -0.460 e. The standard InChI is InChI=1S/C34H56N4O7/c1-31(2,3)26(37-30(44)32(4,5)6)29(43)38-18-20-23(34(20,10)11)24(38)27(41)36-21(17-19-13-12-14-19)25(40)28(42)35-16-15-22(39)45-33(7,8)9/h19-21,23-24,26H,12-18H2,1-11H3,(H,35,42)(H,36,41)(H,37,44)/t20?,21?,23?,24-,26+/m0/s1. The number of ketones is 1. The van der Waals surface area contributed by atoms with Gasteiger partial charge in [-0.05, 0) is 55.8 Å². The zero-order valence-corrected chi connectivity index (χ0v) is 29.2. The van der Waals surface area contributed by atoms with Crippen LogP contribution in [0.1, 0.15) is 108 Å². The molecule has 0 aromatic carbocycles. The fourth-order valence-corrected chi connectivity index (χ4v) is 6.44. The smallest absolute Gasteiger partial charge is 0.308 e. The third-order valence-corrected chi connectivity index (χ3v) is 9.52. The van der Waals surface area contributed by atoms with E-state index in [2.05, 4.69) is 29.8 Å². The van der Waals surface area contributed by atoms with Gasteiger partial charge in [0, 0.05) is 18.5 Å². The molecule has 1 heterocycles. The number of ether oxygens (including phenoxy) is 1. The van der Waals surface area contributed by atoms with Gasteiger partial charge in [0.2, 0.25) is 23.5 Å². The van der Waals surface area contributed by atoms with Crippen LogP contribution in [0.2, 0.25) is 0 Å². The lowest BCUT2D eigenvalue weighted by Gasteiger charge is -2.39. The molecule has 0 radical (unpaired) electrons. The van der Waals surface area contributed by atoms with E-state index in [1.54, 1.807) is 46.4 Å². The molecular formula is C34H56N4O7. The molecule has 3 N–H and O–H groups in total. The highest BCUT2D eigenvalue weighted by Gasteiger charge is 2.70. The molecule has 2 saturated carbocycles. The number of amides is 4. The van der Waals surface area contributed by atoms with E-state index < -0.39 is 58.1 Å². The van der Waals surface area contributed by atoms with Crippen LogP contribution in [-0.2, 0) is 33.5 Å². The summed E-state index contributed by atoms with van der Waals surface area (Å²) < 4.78 is 5.26. The van der Waals surface area contributed by atoms with Crippen LogP contribution in [0.15, 0.2) is 0 Å². The summed E-state index contributed by atoms with van der Waals surface area (Å²) in [4.78, 5) is 81.1. The van der Waals surface area contributed by atoms with Crippen molar-refractivity contribution < 1.29 is 33.5 Å². The summed E-state index contributed by atoms with van der Waals surface area (Å²) in [6, 6.07) is -2.75. The van der Waals surface area contributed by atoms with Crippen LogP contribution in [0.25, 0.3) is 0 Å². The molecule has 3 fully saturated rings. The molecule has 0 aromatic heterocycles. The fourth-order valence-electron chi connectivity index (χ4n) is 6.44. The third kappa shape index (κ3) is 8.85. The van der Waals surface area contributed by atoms with E-state index in [1.165, 1.54) is 0 Å². The molecule has 3 rings (SSSR count). The van der Waals surface area contributed by atoms with E-state index in [4.69, 9.17) is 4.74 Å². The van der Waals surface area contributed by atoms with E-state index in [1.807, 2.05) is 20.8 Å². The minimum absolute atomic E-state index is 0.0685. The number of carbonyl (C=O) groups is 6. The predicted molar refractivity (Wildman–Crippen MR) is 169 cm³/mol. The number of fused-ring (bicyclic) bond motifs is 1. The number of hydrogen-bond donors (Lipinski definition) is 3. The van der Waals surface area contributed by atoms with E-state index in [0.717, 1.165) is 19.3 Å². The lowest BCUT2D eigenvalue weighted by atomic mass is 9.80. The van der Waals surface area contributed by atoms with Gasteiger partial charge in [-0.15, -0.1) is 0 Å². The Kier molecular flexibility index (Phi) is 10.6. The Hall–Kier alpha value is -2.98. The summed E-state index contributed by atoms with van der Waals surface area (Å²) in [5.74, 6) is -2.98. The summed E-state index contributed by atoms with van der Waals surface area (Å²) in [6.45, 7) is 20.7. The van der Waals surface area contributed by atoms with Gasteiger partial charge in [0.15, 0.2) is 0 Å². The van der Waals surface area contributed by atoms with Crippen LogP contribution >= 0.6 is 0 Å². The highest BCUT2D eigenvalue weighted by atomic mass is 16.6. The molecule has 1 aliphatic heterocycles. The van der Waals surface area contributed by atoms with Crippen LogP contribution in [0.3, 0.4) is 0 Å². The molecule has 5 atom stereocenters. The van der Waals surface area contributed by atoms with Crippen LogP contribution in [0.5, 0.6) is 0 Å². The van der Waals surface area contributed by atoms with Crippen LogP contribution in [0, 0.1) is 34.0 Å². The first-order valence-electron chi connectivity index (χ1n) is 16.4. The Morgan fingerprint density at radius 3 is 2.00 bits per heavy atom. The normalized spacial score (nSPS) is 24.0. The molecule has 0 aromatic rings. The Labute approximate surface area is 268 Å². The monoisotopic (exact) mass is 632 g/mol. The Morgan fingerprint density at radius 2 is 1.51 bits per heavy atom. The van der Waals surface area contributed by atoms with Gasteiger partial charge in [-0.25, -0.2) is 0 Å². The number of carbonyl (C=O) groups excluding carboxylic acids is 6. The molecule has 0 bridgehead atoms. The van der Waals surface area contributed by atoms with E-state index in [-0.39, 0.29) is 47.9 Å². The zero-order chi connectivity index (χ0) is 34.3. The third-order valence-electron chi connectivity index (χ3n) is 9.52. The number of nitrogens with one attached hydrogen (secondary N) is 3. The Morgan fingerprint density at radius 1 is 0.911 bits per heavy atom. The number of piperidine rings is 1. The summed E-state index contributed by atoms with van der Waals surface area (Å²) in [5.41, 5.74) is -2.16. The second-order valence-corrected chi connectivity index (χ2v) is 17.0. The lowest BCUT2D eigenvalue weighted by Crippen LogP contribution is -2.61. The van der Waals surface area contributed by atoms with Crippen LogP contribution in [0.4, 0.5) is 0 Å². The minimum atomic E-state index is -1.05. The number of hydrogen-bond acceptors (Lipinski definition) is 7. The number of nitrogens with zero attached hydrogens (tertiary/aromatic N) is 1. The van der Waals surface area contributed by atoms with Crippen molar-refractivity contribution in [1.29, 1.82) is 0 Å². The second-order valence-electron chi connectivity index (χ2n) is 17.0. The van der Waals surface area contributed by atoms with Crippen molar-refractivity contribution in [1.82, 2.24) is 20.9 Å². The largest absolute Gasteiger partial charge is 0.460 e. The Balaban J connectivity index is 1.78. The molecular weight excluding hydrogens is 576 g/mol. The molecule has 11 heteroatoms.